The van der Waals surface area contributed by atoms with Gasteiger partial charge in [-0.1, -0.05) is 29.8 Å². The Labute approximate surface area is 122 Å². The van der Waals surface area contributed by atoms with Gasteiger partial charge in [-0.3, -0.25) is 0 Å². The van der Waals surface area contributed by atoms with Crippen LogP contribution < -0.4 is 5.43 Å². The van der Waals surface area contributed by atoms with E-state index in [4.69, 9.17) is 16.3 Å². The predicted octanol–water partition coefficient (Wildman–Crippen LogP) is 3.68. The number of nitrogens with one attached hydrogen (secondary N) is 2. The molecule has 0 spiro atoms. The molecule has 0 aliphatic rings. The summed E-state index contributed by atoms with van der Waals surface area (Å²) in [4.78, 5) is 14.5. The number of hydrogen-bond acceptors (Lipinski definition) is 3. The zero-order valence-corrected chi connectivity index (χ0v) is 12.3. The molecule has 0 bridgehead atoms. The fourth-order valence-electron chi connectivity index (χ4n) is 1.71. The average molecular weight is 294 g/mol. The first kappa shape index (κ1) is 14.4. The van der Waals surface area contributed by atoms with Crippen LogP contribution in [-0.2, 0) is 4.74 Å². The molecule has 1 amide bonds. The van der Waals surface area contributed by atoms with Crippen LogP contribution in [0.3, 0.4) is 0 Å². The number of H-pyrrole nitrogens is 1. The summed E-state index contributed by atoms with van der Waals surface area (Å²) in [5.41, 5.74) is 3.38. The average Bonchev–Trinajstić information content (AvgIpc) is 2.64. The molecule has 106 valence electrons. The lowest BCUT2D eigenvalue weighted by atomic mass is 10.2. The first-order valence-electron chi connectivity index (χ1n) is 6.15. The Morgan fingerprint density at radius 2 is 2.10 bits per heavy atom. The van der Waals surface area contributed by atoms with Crippen LogP contribution in [0.4, 0.5) is 4.79 Å². The molecule has 0 atom stereocenters. The summed E-state index contributed by atoms with van der Waals surface area (Å²) in [5.74, 6) is 0. The maximum atomic E-state index is 11.4. The Hall–Kier alpha value is -2.01. The van der Waals surface area contributed by atoms with Gasteiger partial charge in [-0.2, -0.15) is 5.10 Å². The lowest BCUT2D eigenvalue weighted by molar-refractivity contribution is 0.0529. The molecule has 1 aromatic carbocycles. The third-order valence-electron chi connectivity index (χ3n) is 2.45. The van der Waals surface area contributed by atoms with Gasteiger partial charge in [0, 0.05) is 16.5 Å². The van der Waals surface area contributed by atoms with E-state index in [2.05, 4.69) is 15.5 Å². The number of nitrogens with zero attached hydrogens (tertiary/aromatic N) is 1. The Morgan fingerprint density at radius 3 is 2.80 bits per heavy atom. The highest BCUT2D eigenvalue weighted by Gasteiger charge is 2.15. The van der Waals surface area contributed by atoms with E-state index in [0.717, 1.165) is 16.5 Å². The monoisotopic (exact) mass is 293 g/mol. The number of fused-ring (bicyclic) bond motifs is 1. The molecule has 0 radical (unpaired) electrons. The summed E-state index contributed by atoms with van der Waals surface area (Å²) in [6.45, 7) is 5.35. The van der Waals surface area contributed by atoms with E-state index in [1.807, 2.05) is 24.3 Å². The maximum Gasteiger partial charge on any atom is 0.428 e. The van der Waals surface area contributed by atoms with Crippen molar-refractivity contribution in [2.24, 2.45) is 5.10 Å². The van der Waals surface area contributed by atoms with Gasteiger partial charge in [0.15, 0.2) is 0 Å². The van der Waals surface area contributed by atoms with Crippen LogP contribution in [0.2, 0.25) is 5.15 Å². The van der Waals surface area contributed by atoms with Crippen LogP contribution in [0.1, 0.15) is 26.3 Å². The Balaban J connectivity index is 2.11. The summed E-state index contributed by atoms with van der Waals surface area (Å²) in [6.07, 6.45) is 0.884. The normalized spacial score (nSPS) is 12.0. The summed E-state index contributed by atoms with van der Waals surface area (Å²) < 4.78 is 5.07. The first-order chi connectivity index (χ1) is 9.37. The number of halogens is 1. The molecule has 1 heterocycles. The fourth-order valence-corrected chi connectivity index (χ4v) is 1.96. The number of hydrogen-bond donors (Lipinski definition) is 2. The van der Waals surface area contributed by atoms with Crippen molar-refractivity contribution in [3.63, 3.8) is 0 Å². The minimum atomic E-state index is -0.607. The van der Waals surface area contributed by atoms with E-state index in [9.17, 15) is 4.79 Å². The van der Waals surface area contributed by atoms with Crippen molar-refractivity contribution in [1.82, 2.24) is 10.4 Å². The second kappa shape index (κ2) is 5.54. The molecule has 2 aromatic rings. The van der Waals surface area contributed by atoms with E-state index in [1.165, 1.54) is 6.21 Å². The van der Waals surface area contributed by atoms with Gasteiger partial charge in [-0.25, -0.2) is 10.2 Å². The SMILES string of the molecule is CC(C)(C)OC(=O)N/N=C\c1c(Cl)[nH]c2ccccc12. The molecule has 2 rings (SSSR count). The zero-order valence-electron chi connectivity index (χ0n) is 11.5. The van der Waals surface area contributed by atoms with Crippen molar-refractivity contribution in [3.8, 4) is 0 Å². The second-order valence-corrected chi connectivity index (χ2v) is 5.65. The van der Waals surface area contributed by atoms with Crippen LogP contribution in [0.15, 0.2) is 29.4 Å². The van der Waals surface area contributed by atoms with E-state index >= 15 is 0 Å². The summed E-state index contributed by atoms with van der Waals surface area (Å²) in [7, 11) is 0. The molecular weight excluding hydrogens is 278 g/mol. The highest BCUT2D eigenvalue weighted by Crippen LogP contribution is 2.24. The number of para-hydroxylation sites is 1. The highest BCUT2D eigenvalue weighted by atomic mass is 35.5. The minimum absolute atomic E-state index is 0.473. The van der Waals surface area contributed by atoms with Crippen molar-refractivity contribution < 1.29 is 9.53 Å². The molecule has 0 aliphatic heterocycles. The van der Waals surface area contributed by atoms with E-state index in [-0.39, 0.29) is 0 Å². The summed E-state index contributed by atoms with van der Waals surface area (Å²) in [5, 5.41) is 5.27. The number of aromatic nitrogens is 1. The van der Waals surface area contributed by atoms with Crippen molar-refractivity contribution in [2.75, 3.05) is 0 Å². The number of aromatic amines is 1. The van der Waals surface area contributed by atoms with Gasteiger partial charge in [0.05, 0.1) is 6.21 Å². The lowest BCUT2D eigenvalue weighted by Gasteiger charge is -2.18. The predicted molar refractivity (Wildman–Crippen MR) is 80.3 cm³/mol. The van der Waals surface area contributed by atoms with Crippen molar-refractivity contribution in [1.29, 1.82) is 0 Å². The number of ether oxygens (including phenoxy) is 1. The Bertz CT molecular complexity index is 656. The molecule has 0 unspecified atom stereocenters. The number of benzene rings is 1. The quantitative estimate of drug-likeness (QED) is 0.655. The van der Waals surface area contributed by atoms with Gasteiger partial charge < -0.3 is 9.72 Å². The van der Waals surface area contributed by atoms with Crippen LogP contribution in [0.25, 0.3) is 10.9 Å². The molecule has 0 aliphatic carbocycles. The second-order valence-electron chi connectivity index (χ2n) is 5.27. The first-order valence-corrected chi connectivity index (χ1v) is 6.53. The van der Waals surface area contributed by atoms with Gasteiger partial charge >= 0.3 is 6.09 Å². The van der Waals surface area contributed by atoms with Gasteiger partial charge in [0.2, 0.25) is 0 Å². The van der Waals surface area contributed by atoms with E-state index in [1.54, 1.807) is 20.8 Å². The molecule has 1 aromatic heterocycles. The maximum absolute atomic E-state index is 11.4. The van der Waals surface area contributed by atoms with E-state index in [0.29, 0.717) is 5.15 Å². The third-order valence-corrected chi connectivity index (χ3v) is 2.74. The topological polar surface area (TPSA) is 66.5 Å². The van der Waals surface area contributed by atoms with Crippen LogP contribution in [0.5, 0.6) is 0 Å². The lowest BCUT2D eigenvalue weighted by Crippen LogP contribution is -2.29. The third kappa shape index (κ3) is 3.51. The van der Waals surface area contributed by atoms with Crippen molar-refractivity contribution in [2.45, 2.75) is 26.4 Å². The van der Waals surface area contributed by atoms with Crippen LogP contribution in [-0.4, -0.2) is 22.9 Å². The summed E-state index contributed by atoms with van der Waals surface area (Å²) >= 11 is 6.10. The number of carbonyl (C=O) groups is 1. The van der Waals surface area contributed by atoms with Crippen LogP contribution in [0, 0.1) is 0 Å². The standard InChI is InChI=1S/C14H16ClN3O2/c1-14(2,3)20-13(19)18-16-8-10-9-6-4-5-7-11(9)17-12(10)15/h4-8,17H,1-3H3,(H,18,19)/b16-8-. The fraction of sp³-hybridized carbons (Fsp3) is 0.286. The number of amides is 1. The Morgan fingerprint density at radius 1 is 1.40 bits per heavy atom. The largest absolute Gasteiger partial charge is 0.443 e. The van der Waals surface area contributed by atoms with Gasteiger partial charge in [-0.15, -0.1) is 0 Å². The molecule has 2 N–H and O–H groups in total. The molecule has 0 saturated carbocycles. The minimum Gasteiger partial charge on any atom is -0.443 e. The van der Waals surface area contributed by atoms with E-state index < -0.39 is 11.7 Å². The number of carbonyl (C=O) groups excluding carboxylic acids is 1. The van der Waals surface area contributed by atoms with Gasteiger partial charge in [-0.05, 0) is 26.8 Å². The van der Waals surface area contributed by atoms with Crippen LogP contribution >= 0.6 is 11.6 Å². The molecule has 6 heteroatoms. The van der Waals surface area contributed by atoms with Gasteiger partial charge in [0.1, 0.15) is 10.8 Å². The number of hydrazone groups is 1. The summed E-state index contributed by atoms with van der Waals surface area (Å²) in [6, 6.07) is 7.66. The molecule has 0 saturated heterocycles. The number of rotatable bonds is 2. The molecule has 5 nitrogen and oxygen atoms in total. The highest BCUT2D eigenvalue weighted by molar-refractivity contribution is 6.34. The van der Waals surface area contributed by atoms with Crippen molar-refractivity contribution >= 4 is 34.8 Å². The smallest absolute Gasteiger partial charge is 0.428 e. The van der Waals surface area contributed by atoms with Crippen molar-refractivity contribution in [3.05, 3.63) is 35.0 Å². The Kier molecular flexibility index (Phi) is 3.99. The zero-order chi connectivity index (χ0) is 14.8. The molecular formula is C14H16ClN3O2. The molecule has 0 fully saturated rings. The molecule has 20 heavy (non-hydrogen) atoms. The van der Waals surface area contributed by atoms with Gasteiger partial charge in [0.25, 0.3) is 0 Å².